The number of hydrogen-bond acceptors (Lipinski definition) is 4. The SMILES string of the molecule is CCCCCCCN(C(=O)CNC(=O)OC(C)(C)C)C(C(=O)Nc1c(C)cccc1Cl)c1ccc(C)cc1. The number of halogens is 1. The molecular formula is C30H42ClN3O4. The van der Waals surface area contributed by atoms with Crippen LogP contribution in [0.25, 0.3) is 0 Å². The highest BCUT2D eigenvalue weighted by atomic mass is 35.5. The van der Waals surface area contributed by atoms with Crippen LogP contribution in [0.2, 0.25) is 5.02 Å². The first kappa shape index (κ1) is 31.2. The van der Waals surface area contributed by atoms with Gasteiger partial charge < -0.3 is 20.3 Å². The molecule has 8 heteroatoms. The van der Waals surface area contributed by atoms with E-state index in [9.17, 15) is 14.4 Å². The number of alkyl carbamates (subject to hydrolysis) is 1. The van der Waals surface area contributed by atoms with Gasteiger partial charge >= 0.3 is 6.09 Å². The Morgan fingerprint density at radius 3 is 2.24 bits per heavy atom. The fraction of sp³-hybridized carbons (Fsp3) is 0.500. The summed E-state index contributed by atoms with van der Waals surface area (Å²) in [6.07, 6.45) is 4.25. The highest BCUT2D eigenvalue weighted by Crippen LogP contribution is 2.29. The largest absolute Gasteiger partial charge is 0.444 e. The Morgan fingerprint density at radius 2 is 1.63 bits per heavy atom. The van der Waals surface area contributed by atoms with E-state index in [1.54, 1.807) is 31.7 Å². The third-order valence-electron chi connectivity index (χ3n) is 6.03. The van der Waals surface area contributed by atoms with Crippen molar-refractivity contribution in [3.8, 4) is 0 Å². The summed E-state index contributed by atoms with van der Waals surface area (Å²) in [6, 6.07) is 12.0. The Bertz CT molecular complexity index is 1060. The lowest BCUT2D eigenvalue weighted by Crippen LogP contribution is -2.47. The summed E-state index contributed by atoms with van der Waals surface area (Å²) in [5.74, 6) is -0.743. The van der Waals surface area contributed by atoms with E-state index < -0.39 is 17.7 Å². The zero-order valence-electron chi connectivity index (χ0n) is 23.5. The van der Waals surface area contributed by atoms with E-state index in [1.165, 1.54) is 0 Å². The number of nitrogens with one attached hydrogen (secondary N) is 2. The maximum absolute atomic E-state index is 13.8. The standard InChI is InChI=1S/C30H42ClN3O4/c1-7-8-9-10-11-19-34(25(35)20-32-29(37)38-30(4,5)6)27(23-17-15-21(2)16-18-23)28(36)33-26-22(3)13-12-14-24(26)31/h12-18,27H,7-11,19-20H2,1-6H3,(H,32,37)(H,33,36). The number of carbonyl (C=O) groups is 3. The number of carbonyl (C=O) groups excluding carboxylic acids is 3. The molecule has 2 rings (SSSR count). The second-order valence-electron chi connectivity index (χ2n) is 10.6. The van der Waals surface area contributed by atoms with Gasteiger partial charge in [0.25, 0.3) is 5.91 Å². The molecule has 0 aliphatic carbocycles. The topological polar surface area (TPSA) is 87.7 Å². The molecule has 208 valence electrons. The van der Waals surface area contributed by atoms with Crippen LogP contribution in [0.1, 0.15) is 82.5 Å². The number of rotatable bonds is 12. The van der Waals surface area contributed by atoms with Gasteiger partial charge in [-0.05, 0) is 58.2 Å². The molecule has 1 unspecified atom stereocenters. The van der Waals surface area contributed by atoms with Crippen molar-refractivity contribution in [3.63, 3.8) is 0 Å². The Kier molecular flexibility index (Phi) is 12.1. The van der Waals surface area contributed by atoms with Gasteiger partial charge in [-0.3, -0.25) is 9.59 Å². The van der Waals surface area contributed by atoms with Crippen LogP contribution < -0.4 is 10.6 Å². The van der Waals surface area contributed by atoms with Crippen molar-refractivity contribution in [2.45, 2.75) is 85.3 Å². The number of unbranched alkanes of at least 4 members (excludes halogenated alkanes) is 4. The fourth-order valence-electron chi connectivity index (χ4n) is 4.05. The molecule has 0 aliphatic rings. The molecule has 2 N–H and O–H groups in total. The normalized spacial score (nSPS) is 12.0. The van der Waals surface area contributed by atoms with Crippen molar-refractivity contribution in [1.82, 2.24) is 10.2 Å². The molecule has 0 fully saturated rings. The number of ether oxygens (including phenoxy) is 1. The predicted octanol–water partition coefficient (Wildman–Crippen LogP) is 6.96. The number of para-hydroxylation sites is 1. The van der Waals surface area contributed by atoms with Crippen LogP contribution in [0.4, 0.5) is 10.5 Å². The maximum atomic E-state index is 13.8. The lowest BCUT2D eigenvalue weighted by molar-refractivity contribution is -0.138. The van der Waals surface area contributed by atoms with Gasteiger partial charge in [0.05, 0.1) is 10.7 Å². The smallest absolute Gasteiger partial charge is 0.408 e. The van der Waals surface area contributed by atoms with E-state index in [-0.39, 0.29) is 18.4 Å². The minimum atomic E-state index is -0.912. The Hall–Kier alpha value is -3.06. The van der Waals surface area contributed by atoms with E-state index in [4.69, 9.17) is 16.3 Å². The molecule has 0 radical (unpaired) electrons. The highest BCUT2D eigenvalue weighted by molar-refractivity contribution is 6.34. The van der Waals surface area contributed by atoms with Gasteiger partial charge in [0.1, 0.15) is 18.2 Å². The molecule has 0 aromatic heterocycles. The molecule has 2 aromatic carbocycles. The molecule has 7 nitrogen and oxygen atoms in total. The molecule has 0 spiro atoms. The number of amides is 3. The van der Waals surface area contributed by atoms with Crippen LogP contribution in [-0.4, -0.2) is 41.5 Å². The van der Waals surface area contributed by atoms with Gasteiger partial charge in [0.2, 0.25) is 5.91 Å². The van der Waals surface area contributed by atoms with E-state index >= 15 is 0 Å². The molecule has 0 saturated heterocycles. The van der Waals surface area contributed by atoms with Crippen LogP contribution in [0.15, 0.2) is 42.5 Å². The third kappa shape index (κ3) is 10.0. The summed E-state index contributed by atoms with van der Waals surface area (Å²) < 4.78 is 5.29. The predicted molar refractivity (Wildman–Crippen MR) is 153 cm³/mol. The molecule has 2 aromatic rings. The van der Waals surface area contributed by atoms with Crippen molar-refractivity contribution in [2.24, 2.45) is 0 Å². The van der Waals surface area contributed by atoms with Gasteiger partial charge in [-0.25, -0.2) is 4.79 Å². The van der Waals surface area contributed by atoms with Crippen LogP contribution in [0.5, 0.6) is 0 Å². The van der Waals surface area contributed by atoms with Gasteiger partial charge in [-0.2, -0.15) is 0 Å². The third-order valence-corrected chi connectivity index (χ3v) is 6.34. The molecule has 38 heavy (non-hydrogen) atoms. The van der Waals surface area contributed by atoms with Crippen molar-refractivity contribution in [2.75, 3.05) is 18.4 Å². The lowest BCUT2D eigenvalue weighted by atomic mass is 10.0. The summed E-state index contributed by atoms with van der Waals surface area (Å²) >= 11 is 6.40. The second kappa shape index (κ2) is 14.8. The minimum Gasteiger partial charge on any atom is -0.444 e. The van der Waals surface area contributed by atoms with E-state index in [0.29, 0.717) is 22.8 Å². The zero-order valence-corrected chi connectivity index (χ0v) is 24.3. The quantitative estimate of drug-likeness (QED) is 0.283. The number of aryl methyl sites for hydroxylation is 2. The molecule has 1 atom stereocenters. The lowest BCUT2D eigenvalue weighted by Gasteiger charge is -2.32. The molecular weight excluding hydrogens is 502 g/mol. The molecule has 0 heterocycles. The van der Waals surface area contributed by atoms with Crippen molar-refractivity contribution in [1.29, 1.82) is 0 Å². The molecule has 0 saturated carbocycles. The summed E-state index contributed by atoms with van der Waals surface area (Å²) in [5.41, 5.74) is 2.36. The van der Waals surface area contributed by atoms with Gasteiger partial charge in [-0.1, -0.05) is 86.2 Å². The fourth-order valence-corrected chi connectivity index (χ4v) is 4.32. The molecule has 0 aliphatic heterocycles. The maximum Gasteiger partial charge on any atom is 0.408 e. The zero-order chi connectivity index (χ0) is 28.3. The summed E-state index contributed by atoms with van der Waals surface area (Å²) in [7, 11) is 0. The van der Waals surface area contributed by atoms with E-state index in [1.807, 2.05) is 50.2 Å². The van der Waals surface area contributed by atoms with E-state index in [0.717, 1.165) is 43.2 Å². The van der Waals surface area contributed by atoms with Crippen LogP contribution in [0.3, 0.4) is 0 Å². The number of hydrogen-bond donors (Lipinski definition) is 2. The minimum absolute atomic E-state index is 0.287. The van der Waals surface area contributed by atoms with Crippen LogP contribution >= 0.6 is 11.6 Å². The number of anilines is 1. The monoisotopic (exact) mass is 543 g/mol. The molecule has 3 amide bonds. The molecule has 0 bridgehead atoms. The van der Waals surface area contributed by atoms with Crippen molar-refractivity contribution >= 4 is 35.2 Å². The number of nitrogens with zero attached hydrogens (tertiary/aromatic N) is 1. The summed E-state index contributed by atoms with van der Waals surface area (Å²) in [5, 5.41) is 5.93. The first-order chi connectivity index (χ1) is 17.9. The summed E-state index contributed by atoms with van der Waals surface area (Å²) in [4.78, 5) is 41.2. The van der Waals surface area contributed by atoms with E-state index in [2.05, 4.69) is 17.6 Å². The van der Waals surface area contributed by atoms with Crippen LogP contribution in [0, 0.1) is 13.8 Å². The summed E-state index contributed by atoms with van der Waals surface area (Å²) in [6.45, 7) is 11.3. The Balaban J connectivity index is 2.38. The van der Waals surface area contributed by atoms with Gasteiger partial charge in [0, 0.05) is 6.54 Å². The van der Waals surface area contributed by atoms with Crippen molar-refractivity contribution in [3.05, 3.63) is 64.2 Å². The van der Waals surface area contributed by atoms with Crippen LogP contribution in [-0.2, 0) is 14.3 Å². The Labute approximate surface area is 232 Å². The van der Waals surface area contributed by atoms with Crippen molar-refractivity contribution < 1.29 is 19.1 Å². The van der Waals surface area contributed by atoms with Gasteiger partial charge in [0.15, 0.2) is 0 Å². The first-order valence-corrected chi connectivity index (χ1v) is 13.7. The average molecular weight is 544 g/mol. The number of benzene rings is 2. The highest BCUT2D eigenvalue weighted by Gasteiger charge is 2.32. The first-order valence-electron chi connectivity index (χ1n) is 13.3. The Morgan fingerprint density at radius 1 is 0.974 bits per heavy atom. The second-order valence-corrected chi connectivity index (χ2v) is 11.0. The van der Waals surface area contributed by atoms with Gasteiger partial charge in [-0.15, -0.1) is 0 Å². The average Bonchev–Trinajstić information content (AvgIpc) is 2.84.